The molecule has 1 aliphatic rings. The van der Waals surface area contributed by atoms with Gasteiger partial charge in [0.05, 0.1) is 46.5 Å². The second-order valence-corrected chi connectivity index (χ2v) is 26.6. The van der Waals surface area contributed by atoms with Gasteiger partial charge in [-0.15, -0.1) is 0 Å². The summed E-state index contributed by atoms with van der Waals surface area (Å²) in [5.41, 5.74) is 1.04. The minimum Gasteiger partial charge on any atom is -0.497 e. The molecule has 1 aliphatic heterocycles. The summed E-state index contributed by atoms with van der Waals surface area (Å²) in [7, 11) is 1.11. The lowest BCUT2D eigenvalue weighted by atomic mass is 9.85. The molecule has 0 aliphatic carbocycles. The molecule has 10 heteroatoms. The van der Waals surface area contributed by atoms with E-state index in [1.165, 1.54) is 12.3 Å². The Bertz CT molecular complexity index is 1290. The van der Waals surface area contributed by atoms with Crippen molar-refractivity contribution in [1.82, 2.24) is 0 Å². The molecule has 0 amide bonds. The van der Waals surface area contributed by atoms with Crippen LogP contribution in [-0.4, -0.2) is 81.2 Å². The number of benzene rings is 1. The van der Waals surface area contributed by atoms with Crippen LogP contribution in [0.5, 0.6) is 5.75 Å². The van der Waals surface area contributed by atoms with Gasteiger partial charge in [-0.1, -0.05) is 89.5 Å². The number of rotatable bonds is 16. The van der Waals surface area contributed by atoms with Gasteiger partial charge in [0.25, 0.3) is 0 Å². The van der Waals surface area contributed by atoms with Crippen molar-refractivity contribution in [3.8, 4) is 17.6 Å². The average molecular weight is 733 g/mol. The maximum atomic E-state index is 12.7. The SMILES string of the molecule is COCO[C@H](C#C[C@H](C)[C@H](O[Si](C)(C)C(C)(C)C)[C@@H](C)/C=C(/C)[Si](C)(C)C)C[C@@H]1O[C@@H](Cc2ccc(OC)cc2)O[C@H]([C@@H](C)C(=O)OC)[C@H]1C. The lowest BCUT2D eigenvalue weighted by Crippen LogP contribution is -2.51. The van der Waals surface area contributed by atoms with E-state index < -0.39 is 40.8 Å². The maximum absolute atomic E-state index is 12.7. The molecule has 0 bridgehead atoms. The summed E-state index contributed by atoms with van der Waals surface area (Å²) < 4.78 is 42.2. The first-order chi connectivity index (χ1) is 23.1. The molecule has 0 aromatic heterocycles. The molecule has 284 valence electrons. The van der Waals surface area contributed by atoms with Crippen molar-refractivity contribution in [3.63, 3.8) is 0 Å². The van der Waals surface area contributed by atoms with Crippen LogP contribution in [0.2, 0.25) is 37.8 Å². The number of allylic oxidation sites excluding steroid dienone is 1. The fraction of sp³-hybridized carbons (Fsp3) is 0.725. The highest BCUT2D eigenvalue weighted by molar-refractivity contribution is 6.82. The van der Waals surface area contributed by atoms with E-state index in [9.17, 15) is 4.79 Å². The standard InChI is InChI=1S/C40H68O8Si2/c1-27(37(48-50(15,16)40(6,7)8)28(2)23-29(3)49(12,13)14)17-20-34(45-26-42-9)25-35-30(4)38(31(5)39(41)44-11)47-36(46-35)24-32-18-21-33(43-10)22-19-32/h18-19,21-23,27-28,30-31,34-38H,24-26H2,1-16H3/b29-23-/t27-,28-,30-,31+,34+,35-,36+,37-,38-/m0/s1. The van der Waals surface area contributed by atoms with Gasteiger partial charge in [0.15, 0.2) is 14.6 Å². The van der Waals surface area contributed by atoms with E-state index in [-0.39, 0.29) is 47.8 Å². The Kier molecular flexibility index (Phi) is 17.0. The molecular weight excluding hydrogens is 665 g/mol. The van der Waals surface area contributed by atoms with Crippen molar-refractivity contribution in [3.05, 3.63) is 41.1 Å². The average Bonchev–Trinajstić information content (AvgIpc) is 3.04. The third-order valence-electron chi connectivity index (χ3n) is 10.6. The predicted octanol–water partition coefficient (Wildman–Crippen LogP) is 8.66. The lowest BCUT2D eigenvalue weighted by molar-refractivity contribution is -0.278. The van der Waals surface area contributed by atoms with Gasteiger partial charge in [-0.3, -0.25) is 4.79 Å². The molecule has 1 heterocycles. The summed E-state index contributed by atoms with van der Waals surface area (Å²) in [5, 5.41) is 1.54. The van der Waals surface area contributed by atoms with Gasteiger partial charge in [0.2, 0.25) is 0 Å². The molecule has 0 radical (unpaired) electrons. The van der Waals surface area contributed by atoms with Gasteiger partial charge in [0, 0.05) is 37.7 Å². The Hall–Kier alpha value is -1.98. The Morgan fingerprint density at radius 3 is 2.12 bits per heavy atom. The summed E-state index contributed by atoms with van der Waals surface area (Å²) in [4.78, 5) is 12.7. The highest BCUT2D eigenvalue weighted by Gasteiger charge is 2.43. The van der Waals surface area contributed by atoms with E-state index in [0.29, 0.717) is 12.8 Å². The minimum absolute atomic E-state index is 0.0543. The number of ether oxygens (including phenoxy) is 6. The number of esters is 1. The smallest absolute Gasteiger partial charge is 0.311 e. The summed E-state index contributed by atoms with van der Waals surface area (Å²) in [6, 6.07) is 7.84. The Balaban J connectivity index is 2.45. The molecule has 1 aromatic rings. The zero-order valence-electron chi connectivity index (χ0n) is 34.0. The van der Waals surface area contributed by atoms with Crippen LogP contribution in [0.3, 0.4) is 0 Å². The molecule has 1 saturated heterocycles. The van der Waals surface area contributed by atoms with Crippen LogP contribution in [0.25, 0.3) is 0 Å². The van der Waals surface area contributed by atoms with Crippen LogP contribution in [0.15, 0.2) is 35.5 Å². The van der Waals surface area contributed by atoms with E-state index in [4.69, 9.17) is 32.8 Å². The maximum Gasteiger partial charge on any atom is 0.311 e. The molecule has 1 fully saturated rings. The van der Waals surface area contributed by atoms with Crippen molar-refractivity contribution in [2.75, 3.05) is 28.1 Å². The highest BCUT2D eigenvalue weighted by Crippen LogP contribution is 2.40. The van der Waals surface area contributed by atoms with Crippen LogP contribution in [0.4, 0.5) is 0 Å². The molecule has 2 rings (SSSR count). The zero-order chi connectivity index (χ0) is 38.0. The normalized spacial score (nSPS) is 23.6. The van der Waals surface area contributed by atoms with Gasteiger partial charge in [0.1, 0.15) is 18.6 Å². The second-order valence-electron chi connectivity index (χ2n) is 16.6. The molecule has 0 unspecified atom stereocenters. The Morgan fingerprint density at radius 1 is 0.980 bits per heavy atom. The van der Waals surface area contributed by atoms with Crippen molar-refractivity contribution in [1.29, 1.82) is 0 Å². The van der Waals surface area contributed by atoms with Crippen LogP contribution in [0.1, 0.15) is 67.4 Å². The van der Waals surface area contributed by atoms with Crippen LogP contribution in [0, 0.1) is 35.5 Å². The van der Waals surface area contributed by atoms with E-state index in [1.807, 2.05) is 31.2 Å². The van der Waals surface area contributed by atoms with E-state index in [1.54, 1.807) is 14.2 Å². The third kappa shape index (κ3) is 12.9. The topological polar surface area (TPSA) is 81.7 Å². The molecule has 0 spiro atoms. The molecule has 0 saturated carbocycles. The summed E-state index contributed by atoms with van der Waals surface area (Å²) in [5.74, 6) is 7.02. The first kappa shape index (κ1) is 44.2. The van der Waals surface area contributed by atoms with E-state index in [0.717, 1.165) is 11.3 Å². The predicted molar refractivity (Wildman–Crippen MR) is 207 cm³/mol. The lowest BCUT2D eigenvalue weighted by Gasteiger charge is -2.43. The molecule has 50 heavy (non-hydrogen) atoms. The number of hydrogen-bond acceptors (Lipinski definition) is 8. The van der Waals surface area contributed by atoms with Crippen LogP contribution in [-0.2, 0) is 39.3 Å². The Labute approximate surface area is 306 Å². The molecule has 0 N–H and O–H groups in total. The Morgan fingerprint density at radius 2 is 1.60 bits per heavy atom. The third-order valence-corrected chi connectivity index (χ3v) is 17.6. The largest absolute Gasteiger partial charge is 0.497 e. The summed E-state index contributed by atoms with van der Waals surface area (Å²) >= 11 is 0. The van der Waals surface area contributed by atoms with Crippen molar-refractivity contribution >= 4 is 22.4 Å². The van der Waals surface area contributed by atoms with E-state index in [2.05, 4.69) is 99.1 Å². The van der Waals surface area contributed by atoms with Crippen LogP contribution < -0.4 is 4.74 Å². The second kappa shape index (κ2) is 19.2. The molecular formula is C40H68O8Si2. The van der Waals surface area contributed by atoms with Crippen molar-refractivity contribution < 1.29 is 37.6 Å². The van der Waals surface area contributed by atoms with Crippen LogP contribution >= 0.6 is 0 Å². The van der Waals surface area contributed by atoms with Gasteiger partial charge < -0.3 is 32.8 Å². The highest BCUT2D eigenvalue weighted by atomic mass is 28.4. The van der Waals surface area contributed by atoms with Gasteiger partial charge in [-0.2, -0.15) is 0 Å². The van der Waals surface area contributed by atoms with Gasteiger partial charge in [-0.25, -0.2) is 0 Å². The number of carbonyl (C=O) groups is 1. The van der Waals surface area contributed by atoms with Gasteiger partial charge in [-0.05, 0) is 56.6 Å². The molecule has 1 aromatic carbocycles. The number of carbonyl (C=O) groups excluding carboxylic acids is 1. The van der Waals surface area contributed by atoms with Crippen molar-refractivity contribution in [2.45, 2.75) is 137 Å². The minimum atomic E-state index is -2.10. The molecule has 8 nitrogen and oxygen atoms in total. The fourth-order valence-corrected chi connectivity index (χ4v) is 8.05. The fourth-order valence-electron chi connectivity index (χ4n) is 5.83. The van der Waals surface area contributed by atoms with E-state index >= 15 is 0 Å². The summed E-state index contributed by atoms with van der Waals surface area (Å²) in [6.07, 6.45) is 1.59. The van der Waals surface area contributed by atoms with Crippen molar-refractivity contribution in [2.24, 2.45) is 23.7 Å². The number of methoxy groups -OCH3 is 3. The first-order valence-corrected chi connectivity index (χ1v) is 24.6. The number of hydrogen-bond donors (Lipinski definition) is 0. The summed E-state index contributed by atoms with van der Waals surface area (Å²) in [6.45, 7) is 29.3. The monoisotopic (exact) mass is 732 g/mol. The quantitative estimate of drug-likeness (QED) is 0.0723. The van der Waals surface area contributed by atoms with Gasteiger partial charge >= 0.3 is 5.97 Å². The first-order valence-electron chi connectivity index (χ1n) is 18.1. The zero-order valence-corrected chi connectivity index (χ0v) is 36.0. The molecule has 9 atom stereocenters.